The molecule has 0 aromatic heterocycles. The number of hydrogen-bond acceptors (Lipinski definition) is 6. The van der Waals surface area contributed by atoms with E-state index in [1.54, 1.807) is 6.07 Å². The number of benzene rings is 1. The minimum absolute atomic E-state index is 0.215. The molecule has 2 heterocycles. The summed E-state index contributed by atoms with van der Waals surface area (Å²) in [6.45, 7) is 4.20. The van der Waals surface area contributed by atoms with E-state index < -0.39 is 11.5 Å². The predicted molar refractivity (Wildman–Crippen MR) is 103 cm³/mol. The molecule has 0 saturated carbocycles. The Morgan fingerprint density at radius 2 is 2.38 bits per heavy atom. The third kappa shape index (κ3) is 4.42. The van der Waals surface area contributed by atoms with Crippen molar-refractivity contribution in [1.82, 2.24) is 4.90 Å². The van der Waals surface area contributed by atoms with Crippen LogP contribution >= 0.6 is 0 Å². The Balaban J connectivity index is 1.61. The Hall–Kier alpha value is -1.93. The number of ether oxygens (including phenoxy) is 1. The minimum atomic E-state index is -1.55. The van der Waals surface area contributed by atoms with E-state index in [1.807, 2.05) is 17.0 Å². The molecule has 0 spiro atoms. The number of amidine groups is 1. The fourth-order valence-electron chi connectivity index (χ4n) is 3.37. The van der Waals surface area contributed by atoms with Crippen molar-refractivity contribution in [2.24, 2.45) is 16.0 Å². The molecule has 1 saturated heterocycles. The summed E-state index contributed by atoms with van der Waals surface area (Å²) in [6.07, 6.45) is 4.65. The van der Waals surface area contributed by atoms with E-state index in [0.29, 0.717) is 35.9 Å². The van der Waals surface area contributed by atoms with Crippen LogP contribution in [0, 0.1) is 5.92 Å². The monoisotopic (exact) mass is 378 g/mol. The number of nitrogens with one attached hydrogen (secondary N) is 1. The number of likely N-dealkylation sites (tertiary alicyclic amines) is 1. The molecule has 26 heavy (non-hydrogen) atoms. The lowest BCUT2D eigenvalue weighted by Gasteiger charge is -2.33. The topological polar surface area (TPSA) is 103 Å². The van der Waals surface area contributed by atoms with Gasteiger partial charge in [0.1, 0.15) is 5.75 Å². The zero-order valence-electron chi connectivity index (χ0n) is 15.1. The highest BCUT2D eigenvalue weighted by Gasteiger charge is 2.27. The van der Waals surface area contributed by atoms with Crippen LogP contribution in [0.3, 0.4) is 0 Å². The second kappa shape index (κ2) is 8.64. The number of amides is 1. The first-order valence-electron chi connectivity index (χ1n) is 9.15. The molecule has 0 aliphatic carbocycles. The minimum Gasteiger partial charge on any atom is -0.566 e. The maximum absolute atomic E-state index is 12.3. The number of carbonyl (C=O) groups excluding carboxylic acids is 1. The summed E-state index contributed by atoms with van der Waals surface area (Å²) in [5, 5.41) is 0. The highest BCUT2D eigenvalue weighted by Crippen LogP contribution is 2.31. The van der Waals surface area contributed by atoms with Crippen LogP contribution in [0.5, 0.6) is 5.75 Å². The first-order chi connectivity index (χ1) is 12.6. The van der Waals surface area contributed by atoms with Crippen molar-refractivity contribution in [3.05, 3.63) is 23.8 Å². The number of hydrogen-bond donors (Lipinski definition) is 2. The molecule has 2 aliphatic rings. The summed E-state index contributed by atoms with van der Waals surface area (Å²) in [7, 11) is 0. The maximum Gasteiger partial charge on any atom is 0.222 e. The van der Waals surface area contributed by atoms with Gasteiger partial charge in [0.05, 0.1) is 17.9 Å². The number of rotatable bonds is 6. The second-order valence-electron chi connectivity index (χ2n) is 6.77. The third-order valence-electron chi connectivity index (χ3n) is 4.75. The number of carbonyl (C=O) groups is 1. The standard InChI is InChI=1S/C18H26N4O3S/c1-2-3-9-16(23)22-10-5-6-13(11-22)12-25-15-8-4-7-14-17(15)18(19)21-26(24)20-14/h4,7-8,13,20H,2-3,5-6,9-12H2,1H3,(H2,19,21). The van der Waals surface area contributed by atoms with Crippen molar-refractivity contribution in [2.75, 3.05) is 24.4 Å². The van der Waals surface area contributed by atoms with Crippen LogP contribution in [0.4, 0.5) is 5.69 Å². The van der Waals surface area contributed by atoms with Gasteiger partial charge in [-0.1, -0.05) is 19.4 Å². The molecule has 1 aromatic rings. The Morgan fingerprint density at radius 1 is 1.54 bits per heavy atom. The summed E-state index contributed by atoms with van der Waals surface area (Å²) in [4.78, 5) is 14.2. The lowest BCUT2D eigenvalue weighted by atomic mass is 9.98. The number of anilines is 1. The van der Waals surface area contributed by atoms with E-state index >= 15 is 0 Å². The summed E-state index contributed by atoms with van der Waals surface area (Å²) in [6, 6.07) is 5.47. The molecule has 7 nitrogen and oxygen atoms in total. The van der Waals surface area contributed by atoms with Gasteiger partial charge in [0.25, 0.3) is 0 Å². The molecule has 142 valence electrons. The third-order valence-corrected chi connectivity index (χ3v) is 5.51. The number of nitrogens with zero attached hydrogens (tertiary/aromatic N) is 2. The fraction of sp³-hybridized carbons (Fsp3) is 0.556. The lowest BCUT2D eigenvalue weighted by molar-refractivity contribution is -0.133. The quantitative estimate of drug-likeness (QED) is 0.739. The van der Waals surface area contributed by atoms with E-state index in [1.165, 1.54) is 0 Å². The van der Waals surface area contributed by atoms with Crippen molar-refractivity contribution < 1.29 is 14.1 Å². The van der Waals surface area contributed by atoms with Crippen LogP contribution in [-0.4, -0.2) is 40.9 Å². The summed E-state index contributed by atoms with van der Waals surface area (Å²) in [5.74, 6) is 1.39. The van der Waals surface area contributed by atoms with Gasteiger partial charge in [-0.15, -0.1) is 0 Å². The van der Waals surface area contributed by atoms with Crippen LogP contribution in [0.25, 0.3) is 0 Å². The molecule has 3 rings (SSSR count). The molecular weight excluding hydrogens is 352 g/mol. The number of nitrogens with two attached hydrogens (primary N) is 1. The highest BCUT2D eigenvalue weighted by atomic mass is 32.2. The molecule has 1 aromatic carbocycles. The molecule has 0 radical (unpaired) electrons. The van der Waals surface area contributed by atoms with Gasteiger partial charge in [-0.05, 0) is 35.8 Å². The average Bonchev–Trinajstić information content (AvgIpc) is 2.64. The van der Waals surface area contributed by atoms with Crippen LogP contribution < -0.4 is 15.2 Å². The van der Waals surface area contributed by atoms with E-state index in [0.717, 1.165) is 38.8 Å². The van der Waals surface area contributed by atoms with Gasteiger partial charge >= 0.3 is 0 Å². The van der Waals surface area contributed by atoms with Gasteiger partial charge in [0.15, 0.2) is 5.84 Å². The molecular formula is C18H26N4O3S. The van der Waals surface area contributed by atoms with E-state index in [9.17, 15) is 9.35 Å². The second-order valence-corrected chi connectivity index (χ2v) is 7.65. The summed E-state index contributed by atoms with van der Waals surface area (Å²) in [5.41, 5.74) is 7.25. The molecule has 3 N–H and O–H groups in total. The van der Waals surface area contributed by atoms with Crippen molar-refractivity contribution >= 4 is 29.0 Å². The van der Waals surface area contributed by atoms with Gasteiger partial charge in [-0.25, -0.2) is 0 Å². The van der Waals surface area contributed by atoms with Crippen molar-refractivity contribution in [1.29, 1.82) is 0 Å². The van der Waals surface area contributed by atoms with Gasteiger partial charge in [0, 0.05) is 25.4 Å². The average molecular weight is 378 g/mol. The van der Waals surface area contributed by atoms with Crippen LogP contribution in [0.15, 0.2) is 22.6 Å². The molecule has 1 fully saturated rings. The molecule has 2 atom stereocenters. The smallest absolute Gasteiger partial charge is 0.222 e. The SMILES string of the molecule is CCCCC(=O)N1CCCC(COc2cccc3c2C(N)=N[S+]([O-])N3)C1. The summed E-state index contributed by atoms with van der Waals surface area (Å²) >= 11 is -1.55. The Kier molecular flexibility index (Phi) is 6.26. The normalized spacial score (nSPS) is 22.2. The number of fused-ring (bicyclic) bond motifs is 1. The largest absolute Gasteiger partial charge is 0.566 e. The van der Waals surface area contributed by atoms with Gasteiger partial charge in [-0.2, -0.15) is 4.72 Å². The van der Waals surface area contributed by atoms with Crippen molar-refractivity contribution in [2.45, 2.75) is 39.0 Å². The van der Waals surface area contributed by atoms with E-state index in [4.69, 9.17) is 10.5 Å². The molecule has 0 bridgehead atoms. The molecule has 2 unspecified atom stereocenters. The predicted octanol–water partition coefficient (Wildman–Crippen LogP) is 2.20. The van der Waals surface area contributed by atoms with Crippen molar-refractivity contribution in [3.63, 3.8) is 0 Å². The fourth-order valence-corrected chi connectivity index (χ4v) is 4.05. The number of piperidine rings is 1. The van der Waals surface area contributed by atoms with Crippen molar-refractivity contribution in [3.8, 4) is 5.75 Å². The first-order valence-corrected chi connectivity index (χ1v) is 10.3. The first kappa shape index (κ1) is 18.8. The molecule has 8 heteroatoms. The van der Waals surface area contributed by atoms with Crippen LogP contribution in [0.1, 0.15) is 44.6 Å². The molecule has 2 aliphatic heterocycles. The van der Waals surface area contributed by atoms with Crippen LogP contribution in [-0.2, 0) is 16.3 Å². The highest BCUT2D eigenvalue weighted by molar-refractivity contribution is 7.91. The zero-order valence-corrected chi connectivity index (χ0v) is 15.9. The summed E-state index contributed by atoms with van der Waals surface area (Å²) < 4.78 is 24.3. The Bertz CT molecular complexity index is 682. The van der Waals surface area contributed by atoms with E-state index in [-0.39, 0.29) is 11.7 Å². The van der Waals surface area contributed by atoms with E-state index in [2.05, 4.69) is 16.0 Å². The van der Waals surface area contributed by atoms with Gasteiger partial charge < -0.3 is 19.9 Å². The van der Waals surface area contributed by atoms with Gasteiger partial charge in [0.2, 0.25) is 17.5 Å². The molecule has 1 amide bonds. The zero-order chi connectivity index (χ0) is 18.5. The number of unbranched alkanes of at least 4 members (excludes halogenated alkanes) is 1. The van der Waals surface area contributed by atoms with Crippen LogP contribution in [0.2, 0.25) is 0 Å². The Labute approximate surface area is 157 Å². The maximum atomic E-state index is 12.3. The lowest BCUT2D eigenvalue weighted by Crippen LogP contribution is -2.41. The Morgan fingerprint density at radius 3 is 3.19 bits per heavy atom. The van der Waals surface area contributed by atoms with Gasteiger partial charge in [-0.3, -0.25) is 4.79 Å².